The van der Waals surface area contributed by atoms with Crippen molar-refractivity contribution in [3.8, 4) is 0 Å². The Morgan fingerprint density at radius 3 is 1.16 bits per heavy atom. The first-order valence-electron chi connectivity index (χ1n) is 15.1. The van der Waals surface area contributed by atoms with Crippen molar-refractivity contribution in [2.75, 3.05) is 23.9 Å². The van der Waals surface area contributed by atoms with Gasteiger partial charge in [0, 0.05) is 6.61 Å². The monoisotopic (exact) mass is 487 g/mol. The van der Waals surface area contributed by atoms with Crippen LogP contribution in [0.2, 0.25) is 6.04 Å². The van der Waals surface area contributed by atoms with E-state index in [1.165, 1.54) is 158 Å². The normalized spacial score (nSPS) is 12.0. The quantitative estimate of drug-likeness (QED) is 0.0606. The van der Waals surface area contributed by atoms with Crippen molar-refractivity contribution >= 4 is 20.7 Å². The third kappa shape index (κ3) is 26.8. The van der Waals surface area contributed by atoms with E-state index in [1.54, 1.807) is 0 Å². The van der Waals surface area contributed by atoms with Gasteiger partial charge in [-0.1, -0.05) is 117 Å². The minimum atomic E-state index is -0.210. The Balaban J connectivity index is 3.74. The Morgan fingerprint density at radius 2 is 0.781 bits per heavy atom. The number of hydrogen-bond acceptors (Lipinski definition) is 1. The number of hydrogen-bond donors (Lipinski definition) is 0. The summed E-state index contributed by atoms with van der Waals surface area (Å²) < 4.78 is 5.69. The van der Waals surface area contributed by atoms with Crippen molar-refractivity contribution in [2.24, 2.45) is 0 Å². The Morgan fingerprint density at radius 1 is 0.438 bits per heavy atom. The molecule has 0 aromatic carbocycles. The van der Waals surface area contributed by atoms with Gasteiger partial charge in [0.15, 0.2) is 9.76 Å². The summed E-state index contributed by atoms with van der Waals surface area (Å²) in [5.41, 5.74) is 0. The molecule has 194 valence electrons. The first-order valence-corrected chi connectivity index (χ1v) is 18.4. The Labute approximate surface area is 210 Å². The highest BCUT2D eigenvalue weighted by atomic mass is 32.2. The molecule has 0 atom stereocenters. The van der Waals surface area contributed by atoms with Crippen LogP contribution in [0.15, 0.2) is 0 Å². The van der Waals surface area contributed by atoms with Crippen LogP contribution in [0.5, 0.6) is 0 Å². The van der Waals surface area contributed by atoms with E-state index in [9.17, 15) is 0 Å². The molecule has 0 bridgehead atoms. The van der Waals surface area contributed by atoms with Gasteiger partial charge in [0.05, 0.1) is 0 Å². The van der Waals surface area contributed by atoms with E-state index < -0.39 is 0 Å². The smallest absolute Gasteiger partial charge is 0.161 e. The summed E-state index contributed by atoms with van der Waals surface area (Å²) in [5.74, 6) is 4.57. The molecular formula is C29H63OSSi+. The summed E-state index contributed by atoms with van der Waals surface area (Å²) in [6.45, 7) is 7.71. The molecule has 0 radical (unpaired) electrons. The molecule has 0 aliphatic carbocycles. The molecule has 0 saturated heterocycles. The Bertz CT molecular complexity index is 302. The molecule has 0 fully saturated rings. The zero-order valence-electron chi connectivity index (χ0n) is 22.9. The summed E-state index contributed by atoms with van der Waals surface area (Å²) in [5, 5.41) is 0. The largest absolute Gasteiger partial charge is 0.424 e. The van der Waals surface area contributed by atoms with Crippen molar-refractivity contribution in [2.45, 2.75) is 162 Å². The molecular weight excluding hydrogens is 424 g/mol. The minimum Gasteiger partial charge on any atom is -0.424 e. The van der Waals surface area contributed by atoms with E-state index in [1.807, 2.05) is 0 Å². The van der Waals surface area contributed by atoms with Crippen LogP contribution in [0.3, 0.4) is 0 Å². The second-order valence-corrected chi connectivity index (χ2v) is 14.0. The molecule has 0 N–H and O–H groups in total. The lowest BCUT2D eigenvalue weighted by Crippen LogP contribution is -2.17. The van der Waals surface area contributed by atoms with Crippen LogP contribution in [-0.4, -0.2) is 33.6 Å². The van der Waals surface area contributed by atoms with Gasteiger partial charge in [-0.25, -0.2) is 0 Å². The van der Waals surface area contributed by atoms with Crippen LogP contribution in [-0.2, 0) is 15.3 Å². The third-order valence-electron chi connectivity index (χ3n) is 6.75. The Hall–Kier alpha value is 0.527. The van der Waals surface area contributed by atoms with E-state index in [0.29, 0.717) is 10.9 Å². The van der Waals surface area contributed by atoms with Crippen molar-refractivity contribution in [3.63, 3.8) is 0 Å². The molecule has 0 unspecified atom stereocenters. The minimum absolute atomic E-state index is 0.210. The van der Waals surface area contributed by atoms with Gasteiger partial charge >= 0.3 is 0 Å². The molecule has 0 saturated carbocycles. The van der Waals surface area contributed by atoms with Gasteiger partial charge < -0.3 is 4.43 Å². The topological polar surface area (TPSA) is 9.23 Å². The SMILES string of the molecule is CCCCCCCCCCCC[S+](CCCCCCCCCCCC)CCC[SiH2]OCC. The molecule has 0 heterocycles. The molecule has 1 nitrogen and oxygen atoms in total. The zero-order chi connectivity index (χ0) is 23.4. The maximum atomic E-state index is 5.69. The number of rotatable bonds is 28. The van der Waals surface area contributed by atoms with Crippen molar-refractivity contribution in [1.29, 1.82) is 0 Å². The second-order valence-electron chi connectivity index (χ2n) is 9.99. The molecule has 32 heavy (non-hydrogen) atoms. The summed E-state index contributed by atoms with van der Waals surface area (Å²) in [6.07, 6.45) is 30.8. The van der Waals surface area contributed by atoms with Crippen LogP contribution in [0, 0.1) is 0 Å². The molecule has 0 spiro atoms. The van der Waals surface area contributed by atoms with E-state index in [4.69, 9.17) is 4.43 Å². The summed E-state index contributed by atoms with van der Waals surface area (Å²) in [4.78, 5) is 0. The molecule has 3 heteroatoms. The molecule has 0 aliphatic rings. The molecule has 0 amide bonds. The lowest BCUT2D eigenvalue weighted by atomic mass is 10.1. The Kier molecular flexibility index (Phi) is 30.0. The zero-order valence-corrected chi connectivity index (χ0v) is 25.1. The predicted molar refractivity (Wildman–Crippen MR) is 155 cm³/mol. The summed E-state index contributed by atoms with van der Waals surface area (Å²) in [6, 6.07) is 1.41. The molecule has 0 aromatic rings. The van der Waals surface area contributed by atoms with E-state index in [-0.39, 0.29) is 9.76 Å². The fourth-order valence-corrected chi connectivity index (χ4v) is 8.31. The van der Waals surface area contributed by atoms with Gasteiger partial charge in [-0.05, 0) is 56.0 Å². The molecule has 0 rings (SSSR count). The highest BCUT2D eigenvalue weighted by molar-refractivity contribution is 7.96. The highest BCUT2D eigenvalue weighted by Gasteiger charge is 2.16. The maximum Gasteiger partial charge on any atom is 0.161 e. The molecule has 0 aliphatic heterocycles. The van der Waals surface area contributed by atoms with E-state index in [2.05, 4.69) is 20.8 Å². The predicted octanol–water partition coefficient (Wildman–Crippen LogP) is 9.38. The fraction of sp³-hybridized carbons (Fsp3) is 1.00. The first-order chi connectivity index (χ1) is 15.8. The third-order valence-corrected chi connectivity index (χ3v) is 10.8. The van der Waals surface area contributed by atoms with E-state index >= 15 is 0 Å². The highest BCUT2D eigenvalue weighted by Crippen LogP contribution is 2.15. The lowest BCUT2D eigenvalue weighted by Gasteiger charge is -2.10. The van der Waals surface area contributed by atoms with Crippen LogP contribution in [0.4, 0.5) is 0 Å². The molecule has 0 aromatic heterocycles. The maximum absolute atomic E-state index is 5.69. The van der Waals surface area contributed by atoms with Crippen LogP contribution >= 0.6 is 0 Å². The van der Waals surface area contributed by atoms with Gasteiger partial charge in [0.2, 0.25) is 0 Å². The second kappa shape index (κ2) is 29.6. The van der Waals surface area contributed by atoms with Gasteiger partial charge in [-0.15, -0.1) is 0 Å². The van der Waals surface area contributed by atoms with Crippen LogP contribution in [0.1, 0.15) is 156 Å². The standard InChI is InChI=1S/C29H63OSSi/c1-4-7-9-11-13-15-17-19-21-23-26-31(28-25-29-32-30-6-3)27-24-22-20-18-16-14-12-10-8-5-2/h4-29,32H2,1-3H3/q+1. The van der Waals surface area contributed by atoms with Gasteiger partial charge in [-0.2, -0.15) is 0 Å². The summed E-state index contributed by atoms with van der Waals surface area (Å²) >= 11 is 0. The van der Waals surface area contributed by atoms with E-state index in [0.717, 1.165) is 6.61 Å². The van der Waals surface area contributed by atoms with Crippen molar-refractivity contribution < 1.29 is 4.43 Å². The number of unbranched alkanes of at least 4 members (excludes halogenated alkanes) is 18. The van der Waals surface area contributed by atoms with Crippen molar-refractivity contribution in [3.05, 3.63) is 0 Å². The van der Waals surface area contributed by atoms with Crippen molar-refractivity contribution in [1.82, 2.24) is 0 Å². The van der Waals surface area contributed by atoms with Crippen LogP contribution < -0.4 is 0 Å². The van der Waals surface area contributed by atoms with Gasteiger partial charge in [0.25, 0.3) is 0 Å². The van der Waals surface area contributed by atoms with Crippen LogP contribution in [0.25, 0.3) is 0 Å². The first kappa shape index (κ1) is 32.5. The fourth-order valence-electron chi connectivity index (χ4n) is 4.55. The summed E-state index contributed by atoms with van der Waals surface area (Å²) in [7, 11) is 0.501. The van der Waals surface area contributed by atoms with Gasteiger partial charge in [0.1, 0.15) is 17.3 Å². The van der Waals surface area contributed by atoms with Gasteiger partial charge in [-0.3, -0.25) is 0 Å². The lowest BCUT2D eigenvalue weighted by molar-refractivity contribution is 0.359. The average Bonchev–Trinajstić information content (AvgIpc) is 2.80. The average molecular weight is 488 g/mol.